The Hall–Kier alpha value is -2.76. The monoisotopic (exact) mass is 276 g/mol. The standard InChI is InChI=1S/C14H13FN2O3/c1-20-12-6-5-8(7-10(12)16)17-14(19)13-9(15)3-2-4-11(13)18/h2-7,18H,16H2,1H3,(H,17,19). The number of carbonyl (C=O) groups is 1. The van der Waals surface area contributed by atoms with E-state index >= 15 is 0 Å². The number of carbonyl (C=O) groups excluding carboxylic acids is 1. The molecule has 2 rings (SSSR count). The largest absolute Gasteiger partial charge is 0.507 e. The molecule has 20 heavy (non-hydrogen) atoms. The summed E-state index contributed by atoms with van der Waals surface area (Å²) in [6.07, 6.45) is 0. The van der Waals surface area contributed by atoms with Crippen LogP contribution in [0.3, 0.4) is 0 Å². The van der Waals surface area contributed by atoms with Crippen LogP contribution >= 0.6 is 0 Å². The smallest absolute Gasteiger partial charge is 0.262 e. The molecule has 0 aliphatic carbocycles. The molecule has 0 spiro atoms. The van der Waals surface area contributed by atoms with E-state index in [0.29, 0.717) is 17.1 Å². The summed E-state index contributed by atoms with van der Waals surface area (Å²) in [6, 6.07) is 8.26. The highest BCUT2D eigenvalue weighted by atomic mass is 19.1. The Morgan fingerprint density at radius 1 is 1.35 bits per heavy atom. The Kier molecular flexibility index (Phi) is 3.74. The van der Waals surface area contributed by atoms with Crippen molar-refractivity contribution in [3.8, 4) is 11.5 Å². The van der Waals surface area contributed by atoms with Crippen LogP contribution in [-0.4, -0.2) is 18.1 Å². The summed E-state index contributed by atoms with van der Waals surface area (Å²) in [6.45, 7) is 0. The molecule has 0 bridgehead atoms. The highest BCUT2D eigenvalue weighted by Gasteiger charge is 2.16. The third-order valence-electron chi connectivity index (χ3n) is 2.71. The molecule has 104 valence electrons. The number of aromatic hydroxyl groups is 1. The normalized spacial score (nSPS) is 10.1. The average Bonchev–Trinajstić information content (AvgIpc) is 2.38. The number of rotatable bonds is 3. The lowest BCUT2D eigenvalue weighted by Crippen LogP contribution is -2.14. The molecule has 0 aromatic heterocycles. The number of hydrogen-bond donors (Lipinski definition) is 3. The number of hydrogen-bond acceptors (Lipinski definition) is 4. The van der Waals surface area contributed by atoms with Crippen LogP contribution in [0.4, 0.5) is 15.8 Å². The maximum Gasteiger partial charge on any atom is 0.262 e. The lowest BCUT2D eigenvalue weighted by atomic mass is 10.1. The first-order chi connectivity index (χ1) is 9.52. The Morgan fingerprint density at radius 3 is 2.70 bits per heavy atom. The van der Waals surface area contributed by atoms with Crippen molar-refractivity contribution in [2.24, 2.45) is 0 Å². The highest BCUT2D eigenvalue weighted by Crippen LogP contribution is 2.26. The van der Waals surface area contributed by atoms with E-state index in [9.17, 15) is 14.3 Å². The van der Waals surface area contributed by atoms with Gasteiger partial charge in [-0.1, -0.05) is 6.07 Å². The summed E-state index contributed by atoms with van der Waals surface area (Å²) in [5.74, 6) is -1.52. The SMILES string of the molecule is COc1ccc(NC(=O)c2c(O)cccc2F)cc1N. The van der Waals surface area contributed by atoms with Gasteiger partial charge < -0.3 is 20.9 Å². The number of benzene rings is 2. The summed E-state index contributed by atoms with van der Waals surface area (Å²) >= 11 is 0. The average molecular weight is 276 g/mol. The number of phenolic OH excluding ortho intramolecular Hbond substituents is 1. The van der Waals surface area contributed by atoms with Crippen molar-refractivity contribution in [3.05, 3.63) is 47.8 Å². The van der Waals surface area contributed by atoms with Gasteiger partial charge in [-0.3, -0.25) is 4.79 Å². The summed E-state index contributed by atoms with van der Waals surface area (Å²) in [5, 5.41) is 12.0. The molecule has 0 radical (unpaired) electrons. The highest BCUT2D eigenvalue weighted by molar-refractivity contribution is 6.06. The van der Waals surface area contributed by atoms with Crippen LogP contribution in [0, 0.1) is 5.82 Å². The molecule has 1 amide bonds. The number of methoxy groups -OCH3 is 1. The van der Waals surface area contributed by atoms with E-state index in [2.05, 4.69) is 5.32 Å². The second kappa shape index (κ2) is 5.48. The van der Waals surface area contributed by atoms with Crippen molar-refractivity contribution in [1.82, 2.24) is 0 Å². The van der Waals surface area contributed by atoms with E-state index in [1.807, 2.05) is 0 Å². The third-order valence-corrected chi connectivity index (χ3v) is 2.71. The number of anilines is 2. The van der Waals surface area contributed by atoms with Crippen LogP contribution in [0.2, 0.25) is 0 Å². The van der Waals surface area contributed by atoms with Crippen LogP contribution in [0.5, 0.6) is 11.5 Å². The Labute approximate surface area is 114 Å². The minimum Gasteiger partial charge on any atom is -0.507 e. The number of halogens is 1. The fourth-order valence-corrected chi connectivity index (χ4v) is 1.74. The van der Waals surface area contributed by atoms with Crippen molar-refractivity contribution in [3.63, 3.8) is 0 Å². The summed E-state index contributed by atoms with van der Waals surface area (Å²) in [5.41, 5.74) is 6.00. The van der Waals surface area contributed by atoms with Gasteiger partial charge in [0.25, 0.3) is 5.91 Å². The molecule has 0 unspecified atom stereocenters. The van der Waals surface area contributed by atoms with Gasteiger partial charge in [0.05, 0.1) is 12.8 Å². The first-order valence-electron chi connectivity index (χ1n) is 5.75. The van der Waals surface area contributed by atoms with Gasteiger partial charge in [0.15, 0.2) is 0 Å². The lowest BCUT2D eigenvalue weighted by molar-refractivity contribution is 0.102. The van der Waals surface area contributed by atoms with Crippen LogP contribution in [0.15, 0.2) is 36.4 Å². The minimum absolute atomic E-state index is 0.336. The lowest BCUT2D eigenvalue weighted by Gasteiger charge is -2.10. The number of ether oxygens (including phenoxy) is 1. The maximum atomic E-state index is 13.5. The molecule has 0 aliphatic rings. The first kappa shape index (κ1) is 13.7. The fraction of sp³-hybridized carbons (Fsp3) is 0.0714. The zero-order valence-electron chi connectivity index (χ0n) is 10.7. The topological polar surface area (TPSA) is 84.6 Å². The van der Waals surface area contributed by atoms with Gasteiger partial charge in [-0.2, -0.15) is 0 Å². The van der Waals surface area contributed by atoms with E-state index in [1.54, 1.807) is 12.1 Å². The Morgan fingerprint density at radius 2 is 2.10 bits per heavy atom. The second-order valence-corrected chi connectivity index (χ2v) is 4.04. The number of nitrogens with one attached hydrogen (secondary N) is 1. The molecule has 0 aliphatic heterocycles. The number of nitrogens with two attached hydrogens (primary N) is 1. The van der Waals surface area contributed by atoms with E-state index in [4.69, 9.17) is 10.5 Å². The summed E-state index contributed by atoms with van der Waals surface area (Å²) in [7, 11) is 1.47. The van der Waals surface area contributed by atoms with E-state index in [1.165, 1.54) is 25.3 Å². The molecule has 0 heterocycles. The van der Waals surface area contributed by atoms with Gasteiger partial charge in [-0.25, -0.2) is 4.39 Å². The number of amides is 1. The van der Waals surface area contributed by atoms with Crippen LogP contribution in [0.1, 0.15) is 10.4 Å². The van der Waals surface area contributed by atoms with E-state index < -0.39 is 23.0 Å². The second-order valence-electron chi connectivity index (χ2n) is 4.04. The van der Waals surface area contributed by atoms with Gasteiger partial charge in [0, 0.05) is 5.69 Å². The van der Waals surface area contributed by atoms with Crippen molar-refractivity contribution in [2.75, 3.05) is 18.2 Å². The van der Waals surface area contributed by atoms with Crippen molar-refractivity contribution in [1.29, 1.82) is 0 Å². The predicted octanol–water partition coefficient (Wildman–Crippen LogP) is 2.37. The van der Waals surface area contributed by atoms with Crippen LogP contribution in [-0.2, 0) is 0 Å². The van der Waals surface area contributed by atoms with Gasteiger partial charge in [-0.15, -0.1) is 0 Å². The predicted molar refractivity (Wildman–Crippen MR) is 73.4 cm³/mol. The van der Waals surface area contributed by atoms with Gasteiger partial charge in [0.1, 0.15) is 22.9 Å². The van der Waals surface area contributed by atoms with Crippen LogP contribution in [0.25, 0.3) is 0 Å². The van der Waals surface area contributed by atoms with Crippen LogP contribution < -0.4 is 15.8 Å². The van der Waals surface area contributed by atoms with Crippen molar-refractivity contribution in [2.45, 2.75) is 0 Å². The van der Waals surface area contributed by atoms with Gasteiger partial charge >= 0.3 is 0 Å². The number of phenols is 1. The molecule has 2 aromatic rings. The number of nitrogen functional groups attached to an aromatic ring is 1. The first-order valence-corrected chi connectivity index (χ1v) is 5.75. The zero-order valence-corrected chi connectivity index (χ0v) is 10.7. The molecular weight excluding hydrogens is 263 g/mol. The molecule has 0 saturated heterocycles. The maximum absolute atomic E-state index is 13.5. The molecular formula is C14H13FN2O3. The zero-order chi connectivity index (χ0) is 14.7. The van der Waals surface area contributed by atoms with E-state index in [-0.39, 0.29) is 0 Å². The quantitative estimate of drug-likeness (QED) is 0.751. The van der Waals surface area contributed by atoms with Crippen molar-refractivity contribution >= 4 is 17.3 Å². The Balaban J connectivity index is 2.26. The molecule has 0 atom stereocenters. The molecule has 5 nitrogen and oxygen atoms in total. The van der Waals surface area contributed by atoms with Gasteiger partial charge in [-0.05, 0) is 30.3 Å². The Bertz CT molecular complexity index is 639. The van der Waals surface area contributed by atoms with Crippen molar-refractivity contribution < 1.29 is 19.0 Å². The molecule has 0 saturated carbocycles. The molecule has 6 heteroatoms. The molecule has 0 fully saturated rings. The summed E-state index contributed by atoms with van der Waals surface area (Å²) in [4.78, 5) is 11.9. The minimum atomic E-state index is -0.802. The molecule has 4 N–H and O–H groups in total. The molecule has 2 aromatic carbocycles. The van der Waals surface area contributed by atoms with E-state index in [0.717, 1.165) is 6.07 Å². The third kappa shape index (κ3) is 2.64. The fourth-order valence-electron chi connectivity index (χ4n) is 1.74. The summed E-state index contributed by atoms with van der Waals surface area (Å²) < 4.78 is 18.5. The van der Waals surface area contributed by atoms with Gasteiger partial charge in [0.2, 0.25) is 0 Å².